The van der Waals surface area contributed by atoms with Gasteiger partial charge in [-0.3, -0.25) is 10.00 Å². The Kier molecular flexibility index (Phi) is 3.10. The van der Waals surface area contributed by atoms with Crippen LogP contribution in [0.25, 0.3) is 11.3 Å². The van der Waals surface area contributed by atoms with Gasteiger partial charge in [-0.2, -0.15) is 5.10 Å². The number of halogens is 1. The van der Waals surface area contributed by atoms with Crippen LogP contribution in [0, 0.1) is 0 Å². The van der Waals surface area contributed by atoms with Crippen molar-refractivity contribution in [1.29, 1.82) is 0 Å². The molecule has 0 saturated heterocycles. The summed E-state index contributed by atoms with van der Waals surface area (Å²) < 4.78 is 0. The Morgan fingerprint density at radius 3 is 3.00 bits per heavy atom. The molecule has 1 aliphatic heterocycles. The Labute approximate surface area is 112 Å². The highest BCUT2D eigenvalue weighted by molar-refractivity contribution is 6.33. The maximum absolute atomic E-state index is 6.26. The summed E-state index contributed by atoms with van der Waals surface area (Å²) in [4.78, 5) is 2.43. The summed E-state index contributed by atoms with van der Waals surface area (Å²) in [6.07, 6.45) is 1.04. The summed E-state index contributed by atoms with van der Waals surface area (Å²) in [5.74, 6) is 0. The number of H-pyrrole nitrogens is 1. The highest BCUT2D eigenvalue weighted by Gasteiger charge is 2.22. The van der Waals surface area contributed by atoms with Crippen molar-refractivity contribution in [1.82, 2.24) is 15.1 Å². The Morgan fingerprint density at radius 1 is 1.39 bits per heavy atom. The van der Waals surface area contributed by atoms with Crippen molar-refractivity contribution >= 4 is 11.6 Å². The molecule has 1 aromatic heterocycles. The van der Waals surface area contributed by atoms with Crippen LogP contribution in [0.15, 0.2) is 24.3 Å². The van der Waals surface area contributed by atoms with Gasteiger partial charge >= 0.3 is 0 Å². The van der Waals surface area contributed by atoms with Crippen molar-refractivity contribution in [2.45, 2.75) is 19.9 Å². The molecule has 94 valence electrons. The largest absolute Gasteiger partial charge is 0.299 e. The normalized spacial score (nSPS) is 15.7. The SMILES string of the molecule is CCN1CCc2[nH]nc(-c3ccccc3Cl)c2C1. The predicted molar refractivity (Wildman–Crippen MR) is 73.7 cm³/mol. The number of aromatic amines is 1. The first-order chi connectivity index (χ1) is 8.79. The van der Waals surface area contributed by atoms with E-state index >= 15 is 0 Å². The molecule has 1 aliphatic rings. The number of fused-ring (bicyclic) bond motifs is 1. The van der Waals surface area contributed by atoms with E-state index in [1.807, 2.05) is 24.3 Å². The van der Waals surface area contributed by atoms with Gasteiger partial charge in [-0.05, 0) is 12.6 Å². The summed E-state index contributed by atoms with van der Waals surface area (Å²) >= 11 is 6.26. The molecular formula is C14H16ClN3. The number of nitrogens with zero attached hydrogens (tertiary/aromatic N) is 2. The van der Waals surface area contributed by atoms with Crippen LogP contribution in [0.1, 0.15) is 18.2 Å². The summed E-state index contributed by atoms with van der Waals surface area (Å²) in [6, 6.07) is 7.90. The van der Waals surface area contributed by atoms with E-state index in [2.05, 4.69) is 22.0 Å². The number of aromatic nitrogens is 2. The lowest BCUT2D eigenvalue weighted by Gasteiger charge is -2.25. The van der Waals surface area contributed by atoms with Gasteiger partial charge in [0.1, 0.15) is 0 Å². The van der Waals surface area contributed by atoms with Crippen LogP contribution in [0.5, 0.6) is 0 Å². The van der Waals surface area contributed by atoms with Gasteiger partial charge in [-0.15, -0.1) is 0 Å². The van der Waals surface area contributed by atoms with Gasteiger partial charge in [0.2, 0.25) is 0 Å². The molecule has 0 spiro atoms. The third kappa shape index (κ3) is 1.93. The topological polar surface area (TPSA) is 31.9 Å². The fourth-order valence-electron chi connectivity index (χ4n) is 2.50. The van der Waals surface area contributed by atoms with E-state index in [1.54, 1.807) is 0 Å². The number of likely N-dealkylation sites (N-methyl/N-ethyl adjacent to an activating group) is 1. The van der Waals surface area contributed by atoms with Gasteiger partial charge in [0.25, 0.3) is 0 Å². The fourth-order valence-corrected chi connectivity index (χ4v) is 2.72. The molecule has 0 radical (unpaired) electrons. The summed E-state index contributed by atoms with van der Waals surface area (Å²) in [7, 11) is 0. The van der Waals surface area contributed by atoms with E-state index in [0.717, 1.165) is 42.3 Å². The molecule has 4 heteroatoms. The smallest absolute Gasteiger partial charge is 0.0983 e. The van der Waals surface area contributed by atoms with Gasteiger partial charge in [0.05, 0.1) is 10.7 Å². The van der Waals surface area contributed by atoms with E-state index < -0.39 is 0 Å². The minimum Gasteiger partial charge on any atom is -0.299 e. The van der Waals surface area contributed by atoms with E-state index in [1.165, 1.54) is 11.3 Å². The third-order valence-corrected chi connectivity index (χ3v) is 3.92. The summed E-state index contributed by atoms with van der Waals surface area (Å²) in [6.45, 7) is 5.34. The number of hydrogen-bond donors (Lipinski definition) is 1. The van der Waals surface area contributed by atoms with Crippen LogP contribution >= 0.6 is 11.6 Å². The van der Waals surface area contributed by atoms with Crippen molar-refractivity contribution in [3.8, 4) is 11.3 Å². The molecule has 0 atom stereocenters. The molecular weight excluding hydrogens is 246 g/mol. The van der Waals surface area contributed by atoms with Crippen LogP contribution in [0.2, 0.25) is 5.02 Å². The van der Waals surface area contributed by atoms with Crippen molar-refractivity contribution in [3.63, 3.8) is 0 Å². The molecule has 2 heterocycles. The number of nitrogens with one attached hydrogen (secondary N) is 1. The van der Waals surface area contributed by atoms with Crippen LogP contribution in [0.3, 0.4) is 0 Å². The standard InChI is InChI=1S/C14H16ClN3/c1-2-18-8-7-13-11(9-18)14(17-16-13)10-5-3-4-6-12(10)15/h3-6H,2,7-9H2,1H3,(H,16,17). The lowest BCUT2D eigenvalue weighted by atomic mass is 10.0. The van der Waals surface area contributed by atoms with Gasteiger partial charge in [-0.1, -0.05) is 36.7 Å². The molecule has 2 aromatic rings. The molecule has 0 bridgehead atoms. The Bertz CT molecular complexity index is 562. The van der Waals surface area contributed by atoms with Crippen molar-refractivity contribution < 1.29 is 0 Å². The Hall–Kier alpha value is -1.32. The van der Waals surface area contributed by atoms with Gasteiger partial charge in [0, 0.05) is 36.3 Å². The van der Waals surface area contributed by atoms with Gasteiger partial charge in [0.15, 0.2) is 0 Å². The maximum atomic E-state index is 6.26. The molecule has 0 aliphatic carbocycles. The first kappa shape index (κ1) is 11.8. The Balaban J connectivity index is 2.05. The van der Waals surface area contributed by atoms with E-state index in [4.69, 9.17) is 11.6 Å². The molecule has 3 nitrogen and oxygen atoms in total. The van der Waals surface area contributed by atoms with Crippen molar-refractivity contribution in [2.24, 2.45) is 0 Å². The predicted octanol–water partition coefficient (Wildman–Crippen LogP) is 3.11. The van der Waals surface area contributed by atoms with Gasteiger partial charge in [-0.25, -0.2) is 0 Å². The molecule has 1 N–H and O–H groups in total. The molecule has 1 aromatic carbocycles. The first-order valence-corrected chi connectivity index (χ1v) is 6.70. The molecule has 0 amide bonds. The lowest BCUT2D eigenvalue weighted by Crippen LogP contribution is -2.30. The zero-order chi connectivity index (χ0) is 12.5. The van der Waals surface area contributed by atoms with Crippen LogP contribution < -0.4 is 0 Å². The minimum absolute atomic E-state index is 0.764. The zero-order valence-corrected chi connectivity index (χ0v) is 11.2. The third-order valence-electron chi connectivity index (χ3n) is 3.59. The van der Waals surface area contributed by atoms with Crippen molar-refractivity contribution in [3.05, 3.63) is 40.5 Å². The minimum atomic E-state index is 0.764. The van der Waals surface area contributed by atoms with Gasteiger partial charge < -0.3 is 0 Å². The molecule has 0 saturated carbocycles. The summed E-state index contributed by atoms with van der Waals surface area (Å²) in [5, 5.41) is 8.39. The zero-order valence-electron chi connectivity index (χ0n) is 10.4. The van der Waals surface area contributed by atoms with Crippen LogP contribution in [0.4, 0.5) is 0 Å². The highest BCUT2D eigenvalue weighted by atomic mass is 35.5. The lowest BCUT2D eigenvalue weighted by molar-refractivity contribution is 0.267. The quantitative estimate of drug-likeness (QED) is 0.901. The average Bonchev–Trinajstić information content (AvgIpc) is 2.82. The number of hydrogen-bond acceptors (Lipinski definition) is 2. The van der Waals surface area contributed by atoms with Crippen LogP contribution in [-0.4, -0.2) is 28.2 Å². The summed E-state index contributed by atoms with van der Waals surface area (Å²) in [5.41, 5.74) is 4.59. The van der Waals surface area contributed by atoms with Crippen molar-refractivity contribution in [2.75, 3.05) is 13.1 Å². The number of benzene rings is 1. The second-order valence-corrected chi connectivity index (χ2v) is 5.04. The molecule has 0 fully saturated rings. The monoisotopic (exact) mass is 261 g/mol. The first-order valence-electron chi connectivity index (χ1n) is 6.33. The van der Waals surface area contributed by atoms with Crippen LogP contribution in [-0.2, 0) is 13.0 Å². The molecule has 0 unspecified atom stereocenters. The second kappa shape index (κ2) is 4.75. The van der Waals surface area contributed by atoms with E-state index in [-0.39, 0.29) is 0 Å². The second-order valence-electron chi connectivity index (χ2n) is 4.63. The number of rotatable bonds is 2. The Morgan fingerprint density at radius 2 is 2.22 bits per heavy atom. The fraction of sp³-hybridized carbons (Fsp3) is 0.357. The maximum Gasteiger partial charge on any atom is 0.0983 e. The molecule has 18 heavy (non-hydrogen) atoms. The van der Waals surface area contributed by atoms with E-state index in [9.17, 15) is 0 Å². The molecule has 3 rings (SSSR count). The highest BCUT2D eigenvalue weighted by Crippen LogP contribution is 2.32. The van der Waals surface area contributed by atoms with E-state index in [0.29, 0.717) is 0 Å². The average molecular weight is 262 g/mol.